The van der Waals surface area contributed by atoms with Gasteiger partial charge < -0.3 is 5.11 Å². The van der Waals surface area contributed by atoms with Crippen LogP contribution in [0.5, 0.6) is 0 Å². The summed E-state index contributed by atoms with van der Waals surface area (Å²) in [4.78, 5) is 23.4. The number of nitrogens with one attached hydrogen (secondary N) is 2. The highest BCUT2D eigenvalue weighted by Crippen LogP contribution is 2.25. The summed E-state index contributed by atoms with van der Waals surface area (Å²) in [7, 11) is 0. The predicted octanol–water partition coefficient (Wildman–Crippen LogP) is 0.609. The Hall–Kier alpha value is -1.88. The molecule has 0 heterocycles. The maximum atomic E-state index is 11.7. The minimum absolute atomic E-state index is 0.329. The number of benzene rings is 1. The third-order valence-corrected chi connectivity index (χ3v) is 3.15. The Morgan fingerprint density at radius 1 is 1.11 bits per heavy atom. The van der Waals surface area contributed by atoms with E-state index in [1.165, 1.54) is 0 Å². The van der Waals surface area contributed by atoms with Gasteiger partial charge >= 0.3 is 0 Å². The van der Waals surface area contributed by atoms with Gasteiger partial charge in [-0.15, -0.1) is 0 Å². The normalized spacial score (nSPS) is 22.5. The van der Waals surface area contributed by atoms with Crippen molar-refractivity contribution >= 4 is 11.8 Å². The Bertz CT molecular complexity index is 433. The van der Waals surface area contributed by atoms with Crippen molar-refractivity contribution in [2.24, 2.45) is 5.92 Å². The van der Waals surface area contributed by atoms with Crippen molar-refractivity contribution in [1.82, 2.24) is 10.9 Å². The fraction of sp³-hybridized carbons (Fsp3) is 0.385. The molecule has 5 nitrogen and oxygen atoms in total. The molecule has 1 saturated carbocycles. The number of hydrogen-bond acceptors (Lipinski definition) is 3. The number of carbonyl (C=O) groups excluding carboxylic acids is 2. The van der Waals surface area contributed by atoms with Gasteiger partial charge in [0.1, 0.15) is 0 Å². The lowest BCUT2D eigenvalue weighted by Crippen LogP contribution is -2.46. The monoisotopic (exact) mass is 248 g/mol. The molecule has 2 amide bonds. The molecule has 1 aromatic rings. The lowest BCUT2D eigenvalue weighted by Gasteiger charge is -2.14. The summed E-state index contributed by atoms with van der Waals surface area (Å²) in [6.07, 6.45) is 1.55. The smallest absolute Gasteiger partial charge is 0.269 e. The van der Waals surface area contributed by atoms with E-state index in [2.05, 4.69) is 10.9 Å². The van der Waals surface area contributed by atoms with Gasteiger partial charge in [0.05, 0.1) is 12.0 Å². The fourth-order valence-corrected chi connectivity index (χ4v) is 2.12. The van der Waals surface area contributed by atoms with Gasteiger partial charge in [-0.3, -0.25) is 20.4 Å². The van der Waals surface area contributed by atoms with Crippen LogP contribution in [0, 0.1) is 5.92 Å². The van der Waals surface area contributed by atoms with E-state index < -0.39 is 12.0 Å². The van der Waals surface area contributed by atoms with E-state index in [1.807, 2.05) is 6.07 Å². The highest BCUT2D eigenvalue weighted by Gasteiger charge is 2.31. The fourth-order valence-electron chi connectivity index (χ4n) is 2.12. The van der Waals surface area contributed by atoms with Crippen LogP contribution in [-0.2, 0) is 4.79 Å². The van der Waals surface area contributed by atoms with Crippen LogP contribution in [0.25, 0.3) is 0 Å². The second-order valence-electron chi connectivity index (χ2n) is 4.41. The van der Waals surface area contributed by atoms with Crippen molar-refractivity contribution in [3.8, 4) is 0 Å². The van der Waals surface area contributed by atoms with Crippen LogP contribution in [0.3, 0.4) is 0 Å². The summed E-state index contributed by atoms with van der Waals surface area (Å²) >= 11 is 0. The van der Waals surface area contributed by atoms with E-state index in [4.69, 9.17) is 0 Å². The minimum atomic E-state index is -0.598. The molecular formula is C13H16N2O3. The summed E-state index contributed by atoms with van der Waals surface area (Å²) in [6, 6.07) is 8.62. The molecule has 3 N–H and O–H groups in total. The van der Waals surface area contributed by atoms with E-state index in [1.54, 1.807) is 24.3 Å². The van der Waals surface area contributed by atoms with Crippen molar-refractivity contribution in [3.05, 3.63) is 35.9 Å². The Labute approximate surface area is 105 Å². The van der Waals surface area contributed by atoms with E-state index in [0.717, 1.165) is 6.42 Å². The maximum Gasteiger partial charge on any atom is 0.269 e. The third-order valence-electron chi connectivity index (χ3n) is 3.15. The molecule has 0 saturated heterocycles. The minimum Gasteiger partial charge on any atom is -0.392 e. The van der Waals surface area contributed by atoms with E-state index >= 15 is 0 Å². The van der Waals surface area contributed by atoms with Crippen LogP contribution < -0.4 is 10.9 Å². The van der Waals surface area contributed by atoms with Gasteiger partial charge in [0, 0.05) is 5.56 Å². The molecule has 18 heavy (non-hydrogen) atoms. The van der Waals surface area contributed by atoms with Gasteiger partial charge in [-0.25, -0.2) is 0 Å². The van der Waals surface area contributed by atoms with Gasteiger partial charge in [0.15, 0.2) is 0 Å². The van der Waals surface area contributed by atoms with Gasteiger partial charge in [-0.1, -0.05) is 18.2 Å². The van der Waals surface area contributed by atoms with Crippen LogP contribution in [0.2, 0.25) is 0 Å². The summed E-state index contributed by atoms with van der Waals surface area (Å²) in [5, 5.41) is 9.57. The summed E-state index contributed by atoms with van der Waals surface area (Å²) in [6.45, 7) is 0. The van der Waals surface area contributed by atoms with Gasteiger partial charge in [-0.05, 0) is 31.4 Å². The maximum absolute atomic E-state index is 11.7. The second kappa shape index (κ2) is 5.64. The number of aliphatic hydroxyl groups is 1. The van der Waals surface area contributed by atoms with E-state index in [0.29, 0.717) is 18.4 Å². The molecule has 0 radical (unpaired) electrons. The Kier molecular flexibility index (Phi) is 3.94. The highest BCUT2D eigenvalue weighted by atomic mass is 16.3. The molecule has 2 rings (SSSR count). The summed E-state index contributed by atoms with van der Waals surface area (Å²) in [5.41, 5.74) is 5.18. The van der Waals surface area contributed by atoms with Crippen molar-refractivity contribution < 1.29 is 14.7 Å². The first-order valence-electron chi connectivity index (χ1n) is 6.02. The molecule has 1 fully saturated rings. The zero-order valence-corrected chi connectivity index (χ0v) is 9.93. The Balaban J connectivity index is 1.85. The number of hydrazine groups is 1. The first-order valence-corrected chi connectivity index (χ1v) is 6.02. The number of carbonyl (C=O) groups is 2. The third kappa shape index (κ3) is 2.87. The molecule has 1 aliphatic carbocycles. The van der Waals surface area contributed by atoms with E-state index in [9.17, 15) is 14.7 Å². The average molecular weight is 248 g/mol. The number of hydrogen-bond donors (Lipinski definition) is 3. The molecule has 2 unspecified atom stereocenters. The molecule has 1 aliphatic rings. The van der Waals surface area contributed by atoms with Crippen molar-refractivity contribution in [2.45, 2.75) is 25.4 Å². The molecule has 2 atom stereocenters. The van der Waals surface area contributed by atoms with E-state index in [-0.39, 0.29) is 11.8 Å². The van der Waals surface area contributed by atoms with Gasteiger partial charge in [0.2, 0.25) is 5.91 Å². The van der Waals surface area contributed by atoms with Crippen molar-refractivity contribution in [1.29, 1.82) is 0 Å². The Morgan fingerprint density at radius 2 is 1.83 bits per heavy atom. The van der Waals surface area contributed by atoms with Crippen LogP contribution in [0.15, 0.2) is 30.3 Å². The van der Waals surface area contributed by atoms with Crippen molar-refractivity contribution in [3.63, 3.8) is 0 Å². The molecular weight excluding hydrogens is 232 g/mol. The molecule has 0 spiro atoms. The van der Waals surface area contributed by atoms with Crippen LogP contribution in [0.4, 0.5) is 0 Å². The molecule has 1 aromatic carbocycles. The van der Waals surface area contributed by atoms with Gasteiger partial charge in [-0.2, -0.15) is 0 Å². The second-order valence-corrected chi connectivity index (χ2v) is 4.41. The number of aliphatic hydroxyl groups excluding tert-OH is 1. The van der Waals surface area contributed by atoms with Crippen molar-refractivity contribution in [2.75, 3.05) is 0 Å². The largest absolute Gasteiger partial charge is 0.392 e. The SMILES string of the molecule is O=C(NNC(=O)C1CCCC1O)c1ccccc1. The highest BCUT2D eigenvalue weighted by molar-refractivity contribution is 5.95. The first-order chi connectivity index (χ1) is 8.68. The van der Waals surface area contributed by atoms with Crippen LogP contribution >= 0.6 is 0 Å². The quantitative estimate of drug-likeness (QED) is 0.671. The summed E-state index contributed by atoms with van der Waals surface area (Å²) < 4.78 is 0. The number of rotatable bonds is 2. The summed E-state index contributed by atoms with van der Waals surface area (Å²) in [5.74, 6) is -1.11. The molecule has 0 aliphatic heterocycles. The molecule has 5 heteroatoms. The molecule has 0 bridgehead atoms. The topological polar surface area (TPSA) is 78.4 Å². The lowest BCUT2D eigenvalue weighted by atomic mass is 10.1. The van der Waals surface area contributed by atoms with Crippen LogP contribution in [-0.4, -0.2) is 23.0 Å². The first kappa shape index (κ1) is 12.6. The molecule has 96 valence electrons. The lowest BCUT2D eigenvalue weighted by molar-refractivity contribution is -0.128. The predicted molar refractivity (Wildman–Crippen MR) is 65.4 cm³/mol. The standard InChI is InChI=1S/C13H16N2O3/c16-11-8-4-7-10(11)13(18)15-14-12(17)9-5-2-1-3-6-9/h1-3,5-6,10-11,16H,4,7-8H2,(H,14,17)(H,15,18). The Morgan fingerprint density at radius 3 is 2.44 bits per heavy atom. The number of amides is 2. The van der Waals surface area contributed by atoms with Crippen LogP contribution in [0.1, 0.15) is 29.6 Å². The zero-order chi connectivity index (χ0) is 13.0. The zero-order valence-electron chi connectivity index (χ0n) is 9.93. The van der Waals surface area contributed by atoms with Gasteiger partial charge in [0.25, 0.3) is 5.91 Å². The molecule has 0 aromatic heterocycles. The average Bonchev–Trinajstić information content (AvgIpc) is 2.83.